The summed E-state index contributed by atoms with van der Waals surface area (Å²) in [5, 5.41) is 2.85. The van der Waals surface area contributed by atoms with Crippen LogP contribution in [0.5, 0.6) is 0 Å². The van der Waals surface area contributed by atoms with Gasteiger partial charge in [-0.1, -0.05) is 6.07 Å². The highest BCUT2D eigenvalue weighted by molar-refractivity contribution is 5.89. The molecule has 3 heterocycles. The van der Waals surface area contributed by atoms with Crippen molar-refractivity contribution < 1.29 is 9.59 Å². The molecule has 1 aliphatic heterocycles. The van der Waals surface area contributed by atoms with Gasteiger partial charge in [-0.15, -0.1) is 0 Å². The molecule has 0 spiro atoms. The summed E-state index contributed by atoms with van der Waals surface area (Å²) in [5.74, 6) is 0.105. The monoisotopic (exact) mass is 339 g/mol. The number of carbonyl (C=O) groups is 2. The van der Waals surface area contributed by atoms with Gasteiger partial charge in [-0.2, -0.15) is 0 Å². The molecule has 0 bridgehead atoms. The van der Waals surface area contributed by atoms with Crippen molar-refractivity contribution in [3.63, 3.8) is 0 Å². The molecule has 0 aromatic carbocycles. The summed E-state index contributed by atoms with van der Waals surface area (Å²) in [6.07, 6.45) is 3.67. The normalized spacial score (nSPS) is 17.0. The highest BCUT2D eigenvalue weighted by Gasteiger charge is 2.34. The van der Waals surface area contributed by atoms with Crippen LogP contribution in [0.1, 0.15) is 29.2 Å². The molecule has 1 aliphatic rings. The fourth-order valence-corrected chi connectivity index (χ4v) is 3.00. The van der Waals surface area contributed by atoms with Crippen LogP contribution in [-0.2, 0) is 22.7 Å². The third-order valence-electron chi connectivity index (χ3n) is 4.13. The van der Waals surface area contributed by atoms with Gasteiger partial charge in [0.2, 0.25) is 11.8 Å². The summed E-state index contributed by atoms with van der Waals surface area (Å²) in [4.78, 5) is 38.9. The number of hydrogen-bond donors (Lipinski definition) is 1. The molecule has 3 rings (SSSR count). The van der Waals surface area contributed by atoms with Gasteiger partial charge in [0.1, 0.15) is 5.82 Å². The quantitative estimate of drug-likeness (QED) is 0.883. The maximum Gasteiger partial charge on any atom is 0.225 e. The van der Waals surface area contributed by atoms with E-state index in [1.165, 1.54) is 0 Å². The first-order valence-electron chi connectivity index (χ1n) is 8.27. The number of aryl methyl sites for hydroxylation is 2. The minimum absolute atomic E-state index is 0.00773. The molecule has 2 aromatic rings. The van der Waals surface area contributed by atoms with E-state index in [1.54, 1.807) is 17.3 Å². The van der Waals surface area contributed by atoms with Gasteiger partial charge in [0, 0.05) is 43.3 Å². The molecular weight excluding hydrogens is 318 g/mol. The lowest BCUT2D eigenvalue weighted by Gasteiger charge is -2.16. The average molecular weight is 339 g/mol. The Balaban J connectivity index is 1.55. The Kier molecular flexibility index (Phi) is 5.02. The van der Waals surface area contributed by atoms with Gasteiger partial charge in [-0.25, -0.2) is 9.97 Å². The van der Waals surface area contributed by atoms with Gasteiger partial charge < -0.3 is 10.2 Å². The fraction of sp³-hybridized carbons (Fsp3) is 0.389. The van der Waals surface area contributed by atoms with Crippen LogP contribution in [0.2, 0.25) is 0 Å². The molecule has 1 N–H and O–H groups in total. The molecule has 7 nitrogen and oxygen atoms in total. The molecule has 2 amide bonds. The molecular formula is C18H21N5O2. The van der Waals surface area contributed by atoms with Crippen molar-refractivity contribution >= 4 is 11.8 Å². The predicted molar refractivity (Wildman–Crippen MR) is 91.1 cm³/mol. The molecule has 1 fully saturated rings. The maximum atomic E-state index is 12.4. The zero-order chi connectivity index (χ0) is 17.8. The number of nitrogens with zero attached hydrogens (tertiary/aromatic N) is 4. The second kappa shape index (κ2) is 7.38. The Bertz CT molecular complexity index is 758. The first-order valence-corrected chi connectivity index (χ1v) is 8.27. The number of hydrogen-bond acceptors (Lipinski definition) is 5. The van der Waals surface area contributed by atoms with Crippen molar-refractivity contribution in [1.29, 1.82) is 0 Å². The van der Waals surface area contributed by atoms with Crippen LogP contribution < -0.4 is 5.32 Å². The molecule has 130 valence electrons. The fourth-order valence-electron chi connectivity index (χ4n) is 3.00. The van der Waals surface area contributed by atoms with Crippen LogP contribution in [0.25, 0.3) is 0 Å². The standard InChI is InChI=1S/C18H21N5O2/c1-12-6-13(2)22-16(21-12)9-20-18(25)15-7-17(24)23(11-15)10-14-4-3-5-19-8-14/h3-6,8,15H,7,9-11H2,1-2H3,(H,20,25)/t15-/m0/s1. The Morgan fingerprint density at radius 3 is 2.76 bits per heavy atom. The molecule has 2 aromatic heterocycles. The molecule has 0 radical (unpaired) electrons. The second-order valence-electron chi connectivity index (χ2n) is 6.32. The van der Waals surface area contributed by atoms with Gasteiger partial charge in [-0.05, 0) is 31.5 Å². The summed E-state index contributed by atoms with van der Waals surface area (Å²) in [5.41, 5.74) is 2.70. The van der Waals surface area contributed by atoms with E-state index in [0.29, 0.717) is 18.9 Å². The lowest BCUT2D eigenvalue weighted by atomic mass is 10.1. The van der Waals surface area contributed by atoms with Gasteiger partial charge in [0.15, 0.2) is 0 Å². The van der Waals surface area contributed by atoms with Gasteiger partial charge >= 0.3 is 0 Å². The van der Waals surface area contributed by atoms with Crippen LogP contribution in [-0.4, -0.2) is 38.2 Å². The van der Waals surface area contributed by atoms with E-state index in [0.717, 1.165) is 17.0 Å². The summed E-state index contributed by atoms with van der Waals surface area (Å²) in [6, 6.07) is 5.65. The smallest absolute Gasteiger partial charge is 0.225 e. The number of nitrogens with one attached hydrogen (secondary N) is 1. The summed E-state index contributed by atoms with van der Waals surface area (Å²) in [6.45, 7) is 4.97. The maximum absolute atomic E-state index is 12.4. The first-order chi connectivity index (χ1) is 12.0. The summed E-state index contributed by atoms with van der Waals surface area (Å²) >= 11 is 0. The van der Waals surface area contributed by atoms with Crippen LogP contribution in [0.4, 0.5) is 0 Å². The average Bonchev–Trinajstić information content (AvgIpc) is 2.94. The van der Waals surface area contributed by atoms with Gasteiger partial charge in [-0.3, -0.25) is 14.6 Å². The number of carbonyl (C=O) groups excluding carboxylic acids is 2. The van der Waals surface area contributed by atoms with Gasteiger partial charge in [0.25, 0.3) is 0 Å². The lowest BCUT2D eigenvalue weighted by molar-refractivity contribution is -0.129. The highest BCUT2D eigenvalue weighted by Crippen LogP contribution is 2.20. The lowest BCUT2D eigenvalue weighted by Crippen LogP contribution is -2.33. The molecule has 0 unspecified atom stereocenters. The topological polar surface area (TPSA) is 88.1 Å². The highest BCUT2D eigenvalue weighted by atomic mass is 16.2. The zero-order valence-corrected chi connectivity index (χ0v) is 14.4. The molecule has 0 saturated carbocycles. The molecule has 7 heteroatoms. The Morgan fingerprint density at radius 2 is 2.08 bits per heavy atom. The minimum atomic E-state index is -0.338. The minimum Gasteiger partial charge on any atom is -0.348 e. The van der Waals surface area contributed by atoms with Gasteiger partial charge in [0.05, 0.1) is 12.5 Å². The van der Waals surface area contributed by atoms with Crippen LogP contribution >= 0.6 is 0 Å². The molecule has 1 saturated heterocycles. The van der Waals surface area contributed by atoms with E-state index in [4.69, 9.17) is 0 Å². The van der Waals surface area contributed by atoms with E-state index in [1.807, 2.05) is 32.0 Å². The predicted octanol–water partition coefficient (Wildman–Crippen LogP) is 1.15. The van der Waals surface area contributed by atoms with Crippen molar-refractivity contribution in [3.05, 3.63) is 53.4 Å². The summed E-state index contributed by atoms with van der Waals surface area (Å²) in [7, 11) is 0. The third-order valence-corrected chi connectivity index (χ3v) is 4.13. The Hall–Kier alpha value is -2.83. The summed E-state index contributed by atoms with van der Waals surface area (Å²) < 4.78 is 0. The van der Waals surface area contributed by atoms with Crippen LogP contribution in [0.15, 0.2) is 30.6 Å². The second-order valence-corrected chi connectivity index (χ2v) is 6.32. The van der Waals surface area contributed by atoms with Crippen molar-refractivity contribution in [1.82, 2.24) is 25.2 Å². The third kappa shape index (κ3) is 4.37. The van der Waals surface area contributed by atoms with Crippen molar-refractivity contribution in [2.75, 3.05) is 6.54 Å². The van der Waals surface area contributed by atoms with E-state index in [9.17, 15) is 9.59 Å². The number of rotatable bonds is 5. The Labute approximate surface area is 146 Å². The largest absolute Gasteiger partial charge is 0.348 e. The SMILES string of the molecule is Cc1cc(C)nc(CNC(=O)[C@H]2CC(=O)N(Cc3cccnc3)C2)n1. The van der Waals surface area contributed by atoms with E-state index < -0.39 is 0 Å². The van der Waals surface area contributed by atoms with Crippen LogP contribution in [0.3, 0.4) is 0 Å². The van der Waals surface area contributed by atoms with E-state index in [-0.39, 0.29) is 30.7 Å². The zero-order valence-electron chi connectivity index (χ0n) is 14.4. The van der Waals surface area contributed by atoms with Crippen molar-refractivity contribution in [3.8, 4) is 0 Å². The molecule has 0 aliphatic carbocycles. The van der Waals surface area contributed by atoms with E-state index in [2.05, 4.69) is 20.3 Å². The Morgan fingerprint density at radius 1 is 1.32 bits per heavy atom. The first kappa shape index (κ1) is 17.0. The number of likely N-dealkylation sites (tertiary alicyclic amines) is 1. The van der Waals surface area contributed by atoms with Crippen molar-refractivity contribution in [2.24, 2.45) is 5.92 Å². The van der Waals surface area contributed by atoms with E-state index >= 15 is 0 Å². The number of aromatic nitrogens is 3. The number of pyridine rings is 1. The molecule has 1 atom stereocenters. The molecule has 25 heavy (non-hydrogen) atoms. The number of amides is 2. The van der Waals surface area contributed by atoms with Crippen LogP contribution in [0, 0.1) is 19.8 Å². The van der Waals surface area contributed by atoms with Crippen molar-refractivity contribution in [2.45, 2.75) is 33.4 Å².